The summed E-state index contributed by atoms with van der Waals surface area (Å²) in [6, 6.07) is 10.3. The molecule has 0 atom stereocenters. The Hall–Kier alpha value is -2.57. The highest BCUT2D eigenvalue weighted by Gasteiger charge is 2.32. The Balaban J connectivity index is 1.55. The molecular weight excluding hydrogens is 343 g/mol. The third-order valence-electron chi connectivity index (χ3n) is 4.51. The minimum absolute atomic E-state index is 0.00542. The van der Waals surface area contributed by atoms with Gasteiger partial charge in [-0.05, 0) is 49.6 Å². The number of carbonyl (C=O) groups is 1. The third-order valence-corrected chi connectivity index (χ3v) is 4.51. The van der Waals surface area contributed by atoms with E-state index in [4.69, 9.17) is 0 Å². The number of benzene rings is 1. The summed E-state index contributed by atoms with van der Waals surface area (Å²) < 4.78 is 37.6. The summed E-state index contributed by atoms with van der Waals surface area (Å²) in [4.78, 5) is 17.8. The van der Waals surface area contributed by atoms with Gasteiger partial charge in [-0.15, -0.1) is 0 Å². The van der Waals surface area contributed by atoms with Crippen LogP contribution in [-0.4, -0.2) is 30.0 Å². The molecule has 7 heteroatoms. The predicted octanol–water partition coefficient (Wildman–Crippen LogP) is 3.81. The van der Waals surface area contributed by atoms with E-state index in [1.165, 1.54) is 11.3 Å². The Morgan fingerprint density at radius 1 is 1.19 bits per heavy atom. The first-order valence-corrected chi connectivity index (χ1v) is 8.48. The van der Waals surface area contributed by atoms with Crippen molar-refractivity contribution < 1.29 is 18.0 Å². The number of rotatable bonds is 3. The van der Waals surface area contributed by atoms with Gasteiger partial charge in [-0.3, -0.25) is 9.78 Å². The van der Waals surface area contributed by atoms with Crippen LogP contribution in [0.5, 0.6) is 0 Å². The molecule has 1 N–H and O–H groups in total. The molecule has 4 nitrogen and oxygen atoms in total. The zero-order chi connectivity index (χ0) is 18.7. The van der Waals surface area contributed by atoms with Crippen LogP contribution in [0, 0.1) is 6.92 Å². The van der Waals surface area contributed by atoms with E-state index in [1.807, 2.05) is 6.07 Å². The predicted molar refractivity (Wildman–Crippen MR) is 93.1 cm³/mol. The maximum Gasteiger partial charge on any atom is 0.433 e. The standard InChI is InChI=1S/C19H20F3N3O/c1-13-3-2-4-16(11-13)25-9-7-15(8-10-25)24-18(26)14-5-6-17(23-12-14)19(20,21)22/h2-6,11-12,15H,7-10H2,1H3,(H,24,26). The second-order valence-corrected chi connectivity index (χ2v) is 6.50. The van der Waals surface area contributed by atoms with Crippen LogP contribution in [0.3, 0.4) is 0 Å². The lowest BCUT2D eigenvalue weighted by Gasteiger charge is -2.34. The number of hydrogen-bond donors (Lipinski definition) is 1. The van der Waals surface area contributed by atoms with Crippen molar-refractivity contribution >= 4 is 11.6 Å². The summed E-state index contributed by atoms with van der Waals surface area (Å²) in [5.74, 6) is -0.389. The van der Waals surface area contributed by atoms with Crippen molar-refractivity contribution in [3.8, 4) is 0 Å². The lowest BCUT2D eigenvalue weighted by atomic mass is 10.0. The molecule has 1 aliphatic heterocycles. The van der Waals surface area contributed by atoms with Gasteiger partial charge in [0.25, 0.3) is 5.91 Å². The smallest absolute Gasteiger partial charge is 0.371 e. The van der Waals surface area contributed by atoms with Crippen molar-refractivity contribution in [1.82, 2.24) is 10.3 Å². The molecule has 2 aromatic rings. The Morgan fingerprint density at radius 3 is 2.50 bits per heavy atom. The summed E-state index contributed by atoms with van der Waals surface area (Å²) in [6.07, 6.45) is -1.96. The number of pyridine rings is 1. The molecule has 1 aromatic heterocycles. The van der Waals surface area contributed by atoms with Crippen molar-refractivity contribution in [1.29, 1.82) is 0 Å². The number of alkyl halides is 3. The zero-order valence-corrected chi connectivity index (χ0v) is 14.4. The molecule has 0 radical (unpaired) electrons. The molecule has 1 aromatic carbocycles. The first-order valence-electron chi connectivity index (χ1n) is 8.48. The van der Waals surface area contributed by atoms with Crippen LogP contribution < -0.4 is 10.2 Å². The summed E-state index contributed by atoms with van der Waals surface area (Å²) >= 11 is 0. The topological polar surface area (TPSA) is 45.2 Å². The summed E-state index contributed by atoms with van der Waals surface area (Å²) in [5, 5.41) is 2.89. The van der Waals surface area contributed by atoms with Gasteiger partial charge in [0.2, 0.25) is 0 Å². The molecule has 138 valence electrons. The molecule has 26 heavy (non-hydrogen) atoms. The molecule has 3 rings (SSSR count). The number of carbonyl (C=O) groups excluding carboxylic acids is 1. The lowest BCUT2D eigenvalue weighted by Crippen LogP contribution is -2.44. The maximum absolute atomic E-state index is 12.5. The van der Waals surface area contributed by atoms with Crippen molar-refractivity contribution in [3.63, 3.8) is 0 Å². The molecule has 1 fully saturated rings. The summed E-state index contributed by atoms with van der Waals surface area (Å²) in [6.45, 7) is 3.69. The highest BCUT2D eigenvalue weighted by molar-refractivity contribution is 5.94. The van der Waals surface area contributed by atoms with Crippen LogP contribution in [0.1, 0.15) is 34.5 Å². The number of halogens is 3. The Bertz CT molecular complexity index is 766. The highest BCUT2D eigenvalue weighted by Crippen LogP contribution is 2.27. The fraction of sp³-hybridized carbons (Fsp3) is 0.368. The van der Waals surface area contributed by atoms with Crippen LogP contribution >= 0.6 is 0 Å². The second kappa shape index (κ2) is 7.35. The number of nitrogens with one attached hydrogen (secondary N) is 1. The van der Waals surface area contributed by atoms with Gasteiger partial charge in [0.05, 0.1) is 5.56 Å². The largest absolute Gasteiger partial charge is 0.433 e. The van der Waals surface area contributed by atoms with E-state index < -0.39 is 11.9 Å². The van der Waals surface area contributed by atoms with Crippen molar-refractivity contribution in [2.45, 2.75) is 32.0 Å². The van der Waals surface area contributed by atoms with E-state index >= 15 is 0 Å². The van der Waals surface area contributed by atoms with Gasteiger partial charge in [-0.2, -0.15) is 13.2 Å². The normalized spacial score (nSPS) is 15.8. The third kappa shape index (κ3) is 4.33. The average molecular weight is 363 g/mol. The minimum Gasteiger partial charge on any atom is -0.371 e. The molecule has 0 unspecified atom stereocenters. The number of nitrogens with zero attached hydrogens (tertiary/aromatic N) is 2. The lowest BCUT2D eigenvalue weighted by molar-refractivity contribution is -0.141. The van der Waals surface area contributed by atoms with Crippen molar-refractivity contribution in [2.24, 2.45) is 0 Å². The monoisotopic (exact) mass is 363 g/mol. The van der Waals surface area contributed by atoms with Gasteiger partial charge in [0.15, 0.2) is 0 Å². The molecule has 0 bridgehead atoms. The number of piperidine rings is 1. The fourth-order valence-corrected chi connectivity index (χ4v) is 3.07. The molecule has 0 spiro atoms. The Labute approximate surface area is 150 Å². The van der Waals surface area contributed by atoms with Gasteiger partial charge < -0.3 is 10.2 Å². The molecule has 0 aliphatic carbocycles. The SMILES string of the molecule is Cc1cccc(N2CCC(NC(=O)c3ccc(C(F)(F)F)nc3)CC2)c1. The van der Waals surface area contributed by atoms with Gasteiger partial charge in [-0.25, -0.2) is 0 Å². The average Bonchev–Trinajstić information content (AvgIpc) is 2.62. The maximum atomic E-state index is 12.5. The first kappa shape index (κ1) is 18.2. The van der Waals surface area contributed by atoms with Crippen LogP contribution in [0.25, 0.3) is 0 Å². The van der Waals surface area contributed by atoms with Crippen LogP contribution in [-0.2, 0) is 6.18 Å². The number of anilines is 1. The van der Waals surface area contributed by atoms with Crippen LogP contribution in [0.4, 0.5) is 18.9 Å². The number of aryl methyl sites for hydroxylation is 1. The molecule has 1 aliphatic rings. The first-order chi connectivity index (χ1) is 12.3. The van der Waals surface area contributed by atoms with E-state index in [2.05, 4.69) is 40.3 Å². The second-order valence-electron chi connectivity index (χ2n) is 6.50. The van der Waals surface area contributed by atoms with Crippen LogP contribution in [0.2, 0.25) is 0 Å². The van der Waals surface area contributed by atoms with Crippen molar-refractivity contribution in [2.75, 3.05) is 18.0 Å². The summed E-state index contributed by atoms with van der Waals surface area (Å²) in [5.41, 5.74) is 1.51. The molecule has 2 heterocycles. The van der Waals surface area contributed by atoms with E-state index in [0.29, 0.717) is 0 Å². The fourth-order valence-electron chi connectivity index (χ4n) is 3.07. The van der Waals surface area contributed by atoms with Gasteiger partial charge in [0.1, 0.15) is 5.69 Å². The number of aromatic nitrogens is 1. The van der Waals surface area contributed by atoms with E-state index in [1.54, 1.807) is 0 Å². The van der Waals surface area contributed by atoms with E-state index in [-0.39, 0.29) is 17.5 Å². The number of hydrogen-bond acceptors (Lipinski definition) is 3. The highest BCUT2D eigenvalue weighted by atomic mass is 19.4. The van der Waals surface area contributed by atoms with Crippen LogP contribution in [0.15, 0.2) is 42.6 Å². The molecule has 1 amide bonds. The van der Waals surface area contributed by atoms with Gasteiger partial charge >= 0.3 is 6.18 Å². The molecular formula is C19H20F3N3O. The van der Waals surface area contributed by atoms with Gasteiger partial charge in [0, 0.05) is 31.0 Å². The van der Waals surface area contributed by atoms with E-state index in [0.717, 1.165) is 44.3 Å². The van der Waals surface area contributed by atoms with Crippen molar-refractivity contribution in [3.05, 3.63) is 59.4 Å². The number of amides is 1. The molecule has 0 saturated carbocycles. The quantitative estimate of drug-likeness (QED) is 0.902. The minimum atomic E-state index is -4.50. The zero-order valence-electron chi connectivity index (χ0n) is 14.4. The van der Waals surface area contributed by atoms with E-state index in [9.17, 15) is 18.0 Å². The summed E-state index contributed by atoms with van der Waals surface area (Å²) in [7, 11) is 0. The Morgan fingerprint density at radius 2 is 1.92 bits per heavy atom. The van der Waals surface area contributed by atoms with Gasteiger partial charge in [-0.1, -0.05) is 12.1 Å². The Kier molecular flexibility index (Phi) is 5.15. The molecule has 1 saturated heterocycles.